The van der Waals surface area contributed by atoms with Gasteiger partial charge in [-0.3, -0.25) is 0 Å². The normalized spacial score (nSPS) is 10.8. The minimum atomic E-state index is -1.47. The van der Waals surface area contributed by atoms with Crippen molar-refractivity contribution in [2.24, 2.45) is 0 Å². The van der Waals surface area contributed by atoms with E-state index >= 15 is 0 Å². The van der Waals surface area contributed by atoms with Crippen molar-refractivity contribution in [3.63, 3.8) is 0 Å². The highest BCUT2D eigenvalue weighted by Crippen LogP contribution is 2.27. The van der Waals surface area contributed by atoms with Gasteiger partial charge >= 0.3 is 11.9 Å². The van der Waals surface area contributed by atoms with Crippen molar-refractivity contribution in [2.45, 2.75) is 0 Å². The van der Waals surface area contributed by atoms with Gasteiger partial charge in [0.1, 0.15) is 0 Å². The molecule has 0 amide bonds. The molecular formula is C11H10O6. The van der Waals surface area contributed by atoms with E-state index in [-0.39, 0.29) is 5.75 Å². The smallest absolute Gasteiger partial charge is 0.372 e. The Kier molecular flexibility index (Phi) is 4.10. The molecule has 0 aromatic heterocycles. The second kappa shape index (κ2) is 5.55. The van der Waals surface area contributed by atoms with Crippen LogP contribution in [0, 0.1) is 0 Å². The van der Waals surface area contributed by atoms with Crippen LogP contribution in [0.25, 0.3) is 0 Å². The van der Waals surface area contributed by atoms with E-state index in [1.54, 1.807) is 18.2 Å². The van der Waals surface area contributed by atoms with Crippen molar-refractivity contribution in [1.29, 1.82) is 0 Å². The summed E-state index contributed by atoms with van der Waals surface area (Å²) in [4.78, 5) is 21.1. The summed E-state index contributed by atoms with van der Waals surface area (Å²) in [5, 5.41) is 17.2. The van der Waals surface area contributed by atoms with Crippen molar-refractivity contribution in [2.75, 3.05) is 7.11 Å². The quantitative estimate of drug-likeness (QED) is 0.590. The molecule has 17 heavy (non-hydrogen) atoms. The monoisotopic (exact) mass is 238 g/mol. The molecule has 6 nitrogen and oxygen atoms in total. The van der Waals surface area contributed by atoms with Crippen molar-refractivity contribution in [1.82, 2.24) is 0 Å². The fourth-order valence-electron chi connectivity index (χ4n) is 1.07. The molecule has 0 unspecified atom stereocenters. The van der Waals surface area contributed by atoms with Gasteiger partial charge < -0.3 is 19.7 Å². The van der Waals surface area contributed by atoms with Crippen LogP contribution >= 0.6 is 0 Å². The summed E-state index contributed by atoms with van der Waals surface area (Å²) in [6.45, 7) is 0. The lowest BCUT2D eigenvalue weighted by molar-refractivity contribution is -0.137. The van der Waals surface area contributed by atoms with Crippen LogP contribution in [-0.2, 0) is 9.59 Å². The van der Waals surface area contributed by atoms with Crippen molar-refractivity contribution < 1.29 is 29.3 Å². The number of aliphatic carboxylic acids is 2. The van der Waals surface area contributed by atoms with E-state index in [9.17, 15) is 9.59 Å². The number of hydrogen-bond acceptors (Lipinski definition) is 4. The maximum atomic E-state index is 10.7. The van der Waals surface area contributed by atoms with E-state index in [1.165, 1.54) is 13.2 Å². The van der Waals surface area contributed by atoms with E-state index in [4.69, 9.17) is 19.7 Å². The van der Waals surface area contributed by atoms with E-state index < -0.39 is 17.7 Å². The van der Waals surface area contributed by atoms with Crippen LogP contribution in [0.15, 0.2) is 36.1 Å². The highest BCUT2D eigenvalue weighted by Gasteiger charge is 2.14. The first-order chi connectivity index (χ1) is 8.04. The van der Waals surface area contributed by atoms with Gasteiger partial charge in [0.2, 0.25) is 5.76 Å². The number of ether oxygens (including phenoxy) is 2. The molecule has 0 radical (unpaired) electrons. The fourth-order valence-corrected chi connectivity index (χ4v) is 1.07. The van der Waals surface area contributed by atoms with Gasteiger partial charge in [-0.1, -0.05) is 12.1 Å². The summed E-state index contributed by atoms with van der Waals surface area (Å²) in [5.74, 6) is -3.13. The van der Waals surface area contributed by atoms with Gasteiger partial charge in [-0.15, -0.1) is 0 Å². The Balaban J connectivity index is 3.02. The van der Waals surface area contributed by atoms with Gasteiger partial charge in [0, 0.05) is 0 Å². The van der Waals surface area contributed by atoms with Crippen molar-refractivity contribution in [3.8, 4) is 11.5 Å². The average Bonchev–Trinajstić information content (AvgIpc) is 2.28. The number of methoxy groups -OCH3 is 1. The van der Waals surface area contributed by atoms with Crippen LogP contribution in [-0.4, -0.2) is 29.3 Å². The molecule has 90 valence electrons. The molecular weight excluding hydrogens is 228 g/mol. The van der Waals surface area contributed by atoms with Crippen molar-refractivity contribution in [3.05, 3.63) is 36.1 Å². The molecule has 0 saturated heterocycles. The van der Waals surface area contributed by atoms with Gasteiger partial charge in [-0.25, -0.2) is 9.59 Å². The van der Waals surface area contributed by atoms with E-state index in [0.29, 0.717) is 11.8 Å². The average molecular weight is 238 g/mol. The number of carboxylic acid groups (broad SMARTS) is 2. The molecule has 0 aliphatic carbocycles. The highest BCUT2D eigenvalue weighted by molar-refractivity contribution is 5.93. The lowest BCUT2D eigenvalue weighted by Crippen LogP contribution is -2.10. The molecule has 1 rings (SSSR count). The van der Waals surface area contributed by atoms with E-state index in [1.807, 2.05) is 0 Å². The first-order valence-corrected chi connectivity index (χ1v) is 4.53. The predicted octanol–water partition coefficient (Wildman–Crippen LogP) is 1.13. The minimum absolute atomic E-state index is 0.130. The first kappa shape index (κ1) is 12.6. The number of benzene rings is 1. The third-order valence-corrected chi connectivity index (χ3v) is 1.75. The molecule has 0 heterocycles. The SMILES string of the molecule is COc1ccccc1OC(=CC(=O)O)C(=O)O. The van der Waals surface area contributed by atoms with Gasteiger partial charge in [-0.2, -0.15) is 0 Å². The van der Waals surface area contributed by atoms with Gasteiger partial charge in [-0.05, 0) is 12.1 Å². The summed E-state index contributed by atoms with van der Waals surface area (Å²) in [7, 11) is 1.39. The zero-order valence-electron chi connectivity index (χ0n) is 8.91. The van der Waals surface area contributed by atoms with Gasteiger partial charge in [0.25, 0.3) is 0 Å². The van der Waals surface area contributed by atoms with Gasteiger partial charge in [0.15, 0.2) is 11.5 Å². The minimum Gasteiger partial charge on any atom is -0.493 e. The Morgan fingerprint density at radius 1 is 1.18 bits per heavy atom. The maximum absolute atomic E-state index is 10.7. The summed E-state index contributed by atoms with van der Waals surface area (Å²) in [6.07, 6.45) is 0.467. The largest absolute Gasteiger partial charge is 0.493 e. The lowest BCUT2D eigenvalue weighted by atomic mass is 10.3. The lowest BCUT2D eigenvalue weighted by Gasteiger charge is -2.09. The standard InChI is InChI=1S/C11H10O6/c1-16-7-4-2-3-5-8(7)17-9(11(14)15)6-10(12)13/h2-6H,1H3,(H,12,13)(H,14,15). The summed E-state index contributed by atoms with van der Waals surface area (Å²) < 4.78 is 9.90. The molecule has 6 heteroatoms. The topological polar surface area (TPSA) is 93.1 Å². The molecule has 0 fully saturated rings. The molecule has 2 N–H and O–H groups in total. The van der Waals surface area contributed by atoms with Crippen LogP contribution in [0.1, 0.15) is 0 Å². The predicted molar refractivity (Wildman–Crippen MR) is 57.0 cm³/mol. The van der Waals surface area contributed by atoms with Crippen LogP contribution < -0.4 is 9.47 Å². The maximum Gasteiger partial charge on any atom is 0.372 e. The Labute approximate surface area is 96.7 Å². The number of rotatable bonds is 5. The van der Waals surface area contributed by atoms with Crippen LogP contribution in [0.4, 0.5) is 0 Å². The Hall–Kier alpha value is -2.50. The fraction of sp³-hybridized carbons (Fsp3) is 0.0909. The molecule has 0 spiro atoms. The van der Waals surface area contributed by atoms with Crippen molar-refractivity contribution >= 4 is 11.9 Å². The summed E-state index contributed by atoms with van der Waals surface area (Å²) in [6, 6.07) is 6.32. The van der Waals surface area contributed by atoms with Gasteiger partial charge in [0.05, 0.1) is 13.2 Å². The number of carbonyl (C=O) groups is 2. The number of hydrogen-bond donors (Lipinski definition) is 2. The number of carboxylic acids is 2. The summed E-state index contributed by atoms with van der Waals surface area (Å²) in [5.41, 5.74) is 0. The number of para-hydroxylation sites is 2. The third kappa shape index (κ3) is 3.53. The van der Waals surface area contributed by atoms with Crippen LogP contribution in [0.3, 0.4) is 0 Å². The summed E-state index contributed by atoms with van der Waals surface area (Å²) >= 11 is 0. The molecule has 0 saturated carbocycles. The molecule has 0 aliphatic heterocycles. The third-order valence-electron chi connectivity index (χ3n) is 1.75. The molecule has 0 atom stereocenters. The zero-order chi connectivity index (χ0) is 12.8. The van der Waals surface area contributed by atoms with E-state index in [0.717, 1.165) is 0 Å². The Morgan fingerprint density at radius 2 is 1.76 bits per heavy atom. The Bertz CT molecular complexity index is 463. The second-order valence-corrected chi connectivity index (χ2v) is 2.90. The Morgan fingerprint density at radius 3 is 2.24 bits per heavy atom. The van der Waals surface area contributed by atoms with Crippen LogP contribution in [0.2, 0.25) is 0 Å². The first-order valence-electron chi connectivity index (χ1n) is 4.53. The molecule has 0 aliphatic rings. The molecule has 1 aromatic carbocycles. The second-order valence-electron chi connectivity index (χ2n) is 2.90. The highest BCUT2D eigenvalue weighted by atomic mass is 16.5. The van der Waals surface area contributed by atoms with E-state index in [2.05, 4.69) is 0 Å². The molecule has 1 aromatic rings. The zero-order valence-corrected chi connectivity index (χ0v) is 8.91. The molecule has 0 bridgehead atoms. The van der Waals surface area contributed by atoms with Crippen LogP contribution in [0.5, 0.6) is 11.5 Å².